The van der Waals surface area contributed by atoms with Gasteiger partial charge < -0.3 is 4.74 Å². The van der Waals surface area contributed by atoms with Crippen molar-refractivity contribution in [1.82, 2.24) is 4.90 Å². The van der Waals surface area contributed by atoms with Crippen molar-refractivity contribution in [3.05, 3.63) is 0 Å². The lowest BCUT2D eigenvalue weighted by atomic mass is 9.67. The van der Waals surface area contributed by atoms with E-state index >= 15 is 0 Å². The molecule has 3 heteroatoms. The highest BCUT2D eigenvalue weighted by Gasteiger charge is 2.45. The van der Waals surface area contributed by atoms with Crippen LogP contribution in [0.3, 0.4) is 0 Å². The van der Waals surface area contributed by atoms with Gasteiger partial charge in [0, 0.05) is 11.6 Å². The van der Waals surface area contributed by atoms with E-state index in [0.29, 0.717) is 25.8 Å². The lowest BCUT2D eigenvalue weighted by molar-refractivity contribution is -0.117. The zero-order chi connectivity index (χ0) is 13.9. The molecule has 0 aromatic carbocycles. The zero-order valence-corrected chi connectivity index (χ0v) is 12.7. The second-order valence-electron chi connectivity index (χ2n) is 6.92. The molecule has 0 N–H and O–H groups in total. The third kappa shape index (κ3) is 3.30. The highest BCUT2D eigenvalue weighted by atomic mass is 16.5. The normalized spacial score (nSPS) is 34.5. The molecular weight excluding hydrogens is 236 g/mol. The molecule has 0 aromatic heterocycles. The number of nitriles is 1. The molecule has 108 valence electrons. The first kappa shape index (κ1) is 14.8. The van der Waals surface area contributed by atoms with Crippen LogP contribution in [0.15, 0.2) is 0 Å². The number of likely N-dealkylation sites (tertiary alicyclic amines) is 1. The van der Waals surface area contributed by atoms with Gasteiger partial charge in [-0.05, 0) is 44.9 Å². The molecule has 2 fully saturated rings. The van der Waals surface area contributed by atoms with Crippen LogP contribution in [0.4, 0.5) is 0 Å². The molecule has 2 aliphatic rings. The predicted octanol–water partition coefficient (Wildman–Crippen LogP) is 3.55. The largest absolute Gasteiger partial charge is 0.365 e. The van der Waals surface area contributed by atoms with Crippen LogP contribution in [-0.4, -0.2) is 29.8 Å². The predicted molar refractivity (Wildman–Crippen MR) is 76.5 cm³/mol. The molecule has 0 spiro atoms. The summed E-state index contributed by atoms with van der Waals surface area (Å²) in [5, 5.41) is 8.58. The van der Waals surface area contributed by atoms with Gasteiger partial charge >= 0.3 is 0 Å². The number of fused-ring (bicyclic) bond motifs is 1. The van der Waals surface area contributed by atoms with Crippen LogP contribution in [0.2, 0.25) is 0 Å². The highest BCUT2D eigenvalue weighted by Crippen LogP contribution is 2.45. The van der Waals surface area contributed by atoms with Crippen molar-refractivity contribution in [2.45, 2.75) is 70.9 Å². The van der Waals surface area contributed by atoms with Crippen LogP contribution >= 0.6 is 0 Å². The number of hydrogen-bond acceptors (Lipinski definition) is 3. The number of nitrogens with zero attached hydrogens (tertiary/aromatic N) is 2. The van der Waals surface area contributed by atoms with E-state index in [1.165, 1.54) is 32.1 Å². The third-order valence-corrected chi connectivity index (χ3v) is 5.10. The van der Waals surface area contributed by atoms with Gasteiger partial charge in [0.2, 0.25) is 0 Å². The van der Waals surface area contributed by atoms with Crippen molar-refractivity contribution in [2.75, 3.05) is 13.3 Å². The Morgan fingerprint density at radius 1 is 1.32 bits per heavy atom. The SMILES string of the molecule is CC1CC(C)(C)N(COCCC#N)C2CCCCC12. The monoisotopic (exact) mass is 264 g/mol. The minimum absolute atomic E-state index is 0.227. The van der Waals surface area contributed by atoms with Crippen molar-refractivity contribution >= 4 is 0 Å². The number of hydrogen-bond donors (Lipinski definition) is 0. The van der Waals surface area contributed by atoms with Gasteiger partial charge in [-0.15, -0.1) is 0 Å². The zero-order valence-electron chi connectivity index (χ0n) is 12.7. The van der Waals surface area contributed by atoms with Crippen LogP contribution in [-0.2, 0) is 4.74 Å². The van der Waals surface area contributed by atoms with Crippen molar-refractivity contribution in [2.24, 2.45) is 11.8 Å². The number of rotatable bonds is 4. The van der Waals surface area contributed by atoms with Gasteiger partial charge in [0.05, 0.1) is 25.8 Å². The summed E-state index contributed by atoms with van der Waals surface area (Å²) >= 11 is 0. The molecule has 3 atom stereocenters. The summed E-state index contributed by atoms with van der Waals surface area (Å²) in [6.07, 6.45) is 7.22. The van der Waals surface area contributed by atoms with E-state index < -0.39 is 0 Å². The molecule has 1 saturated carbocycles. The second kappa shape index (κ2) is 6.24. The summed E-state index contributed by atoms with van der Waals surface area (Å²) in [7, 11) is 0. The van der Waals surface area contributed by atoms with Crippen LogP contribution in [0, 0.1) is 23.2 Å². The average molecular weight is 264 g/mol. The van der Waals surface area contributed by atoms with Crippen molar-refractivity contribution in [1.29, 1.82) is 5.26 Å². The van der Waals surface area contributed by atoms with Gasteiger partial charge in [-0.2, -0.15) is 5.26 Å². The van der Waals surface area contributed by atoms with Crippen LogP contribution in [0.5, 0.6) is 0 Å². The molecule has 2 rings (SSSR count). The van der Waals surface area contributed by atoms with Crippen LogP contribution in [0.25, 0.3) is 0 Å². The maximum absolute atomic E-state index is 8.58. The average Bonchev–Trinajstić information content (AvgIpc) is 2.37. The van der Waals surface area contributed by atoms with Crippen LogP contribution in [0.1, 0.15) is 59.3 Å². The molecular formula is C16H28N2O. The Morgan fingerprint density at radius 3 is 2.79 bits per heavy atom. The van der Waals surface area contributed by atoms with E-state index in [0.717, 1.165) is 11.8 Å². The topological polar surface area (TPSA) is 36.3 Å². The van der Waals surface area contributed by atoms with Crippen molar-refractivity contribution < 1.29 is 4.74 Å². The minimum Gasteiger partial charge on any atom is -0.365 e. The Bertz CT molecular complexity index is 334. The molecule has 1 heterocycles. The first-order valence-electron chi connectivity index (χ1n) is 7.77. The van der Waals surface area contributed by atoms with E-state index in [-0.39, 0.29) is 5.54 Å². The lowest BCUT2D eigenvalue weighted by Gasteiger charge is -2.55. The summed E-state index contributed by atoms with van der Waals surface area (Å²) < 4.78 is 5.74. The molecule has 0 aromatic rings. The second-order valence-corrected chi connectivity index (χ2v) is 6.92. The summed E-state index contributed by atoms with van der Waals surface area (Å²) in [6.45, 7) is 8.39. The Morgan fingerprint density at radius 2 is 2.05 bits per heavy atom. The fraction of sp³-hybridized carbons (Fsp3) is 0.938. The summed E-state index contributed by atoms with van der Waals surface area (Å²) in [4.78, 5) is 2.58. The minimum atomic E-state index is 0.227. The molecule has 0 amide bonds. The first-order valence-corrected chi connectivity index (χ1v) is 7.77. The van der Waals surface area contributed by atoms with Gasteiger partial charge in [0.1, 0.15) is 0 Å². The van der Waals surface area contributed by atoms with Crippen molar-refractivity contribution in [3.63, 3.8) is 0 Å². The van der Waals surface area contributed by atoms with E-state index in [1.807, 2.05) is 0 Å². The lowest BCUT2D eigenvalue weighted by Crippen LogP contribution is -2.60. The standard InChI is InChI=1S/C16H28N2O/c1-13-11-16(2,3)18(12-19-10-6-9-17)15-8-5-4-7-14(13)15/h13-15H,4-8,10-12H2,1-3H3. The first-order chi connectivity index (χ1) is 9.06. The Kier molecular flexibility index (Phi) is 4.86. The fourth-order valence-electron chi connectivity index (χ4n) is 4.25. The molecule has 0 bridgehead atoms. The summed E-state index contributed by atoms with van der Waals surface area (Å²) in [5.74, 6) is 1.68. The Hall–Kier alpha value is -0.590. The van der Waals surface area contributed by atoms with Gasteiger partial charge in [0.15, 0.2) is 0 Å². The van der Waals surface area contributed by atoms with E-state index in [1.54, 1.807) is 0 Å². The molecule has 3 nitrogen and oxygen atoms in total. The molecule has 19 heavy (non-hydrogen) atoms. The summed E-state index contributed by atoms with van der Waals surface area (Å²) in [5.41, 5.74) is 0.227. The van der Waals surface area contributed by atoms with Crippen LogP contribution < -0.4 is 0 Å². The number of piperidine rings is 1. The smallest absolute Gasteiger partial charge is 0.0997 e. The van der Waals surface area contributed by atoms with Gasteiger partial charge in [-0.1, -0.05) is 19.8 Å². The maximum Gasteiger partial charge on any atom is 0.0997 e. The van der Waals surface area contributed by atoms with Gasteiger partial charge in [0.25, 0.3) is 0 Å². The highest BCUT2D eigenvalue weighted by molar-refractivity contribution is 4.98. The Labute approximate surface area is 117 Å². The summed E-state index contributed by atoms with van der Waals surface area (Å²) in [6, 6.07) is 2.84. The number of ether oxygens (including phenoxy) is 1. The molecule has 1 aliphatic carbocycles. The quantitative estimate of drug-likeness (QED) is 0.728. The molecule has 0 radical (unpaired) electrons. The van der Waals surface area contributed by atoms with Crippen molar-refractivity contribution in [3.8, 4) is 6.07 Å². The van der Waals surface area contributed by atoms with E-state index in [4.69, 9.17) is 10.00 Å². The van der Waals surface area contributed by atoms with Gasteiger partial charge in [-0.3, -0.25) is 4.90 Å². The molecule has 1 aliphatic heterocycles. The Balaban J connectivity index is 2.01. The van der Waals surface area contributed by atoms with Gasteiger partial charge in [-0.25, -0.2) is 0 Å². The van der Waals surface area contributed by atoms with E-state index in [9.17, 15) is 0 Å². The maximum atomic E-state index is 8.58. The fourth-order valence-corrected chi connectivity index (χ4v) is 4.25. The third-order valence-electron chi connectivity index (χ3n) is 5.10. The molecule has 1 saturated heterocycles. The van der Waals surface area contributed by atoms with E-state index in [2.05, 4.69) is 31.7 Å². The molecule has 3 unspecified atom stereocenters.